The minimum atomic E-state index is 0.651. The van der Waals surface area contributed by atoms with Gasteiger partial charge in [0.15, 0.2) is 0 Å². The predicted molar refractivity (Wildman–Crippen MR) is 78.1 cm³/mol. The number of hydrogen-bond acceptors (Lipinski definition) is 2. The summed E-state index contributed by atoms with van der Waals surface area (Å²) in [6.07, 6.45) is 2.71. The van der Waals surface area contributed by atoms with E-state index in [1.165, 1.54) is 37.1 Å². The molecule has 0 radical (unpaired) electrons. The molecule has 2 nitrogen and oxygen atoms in total. The van der Waals surface area contributed by atoms with E-state index in [1.807, 2.05) is 0 Å². The van der Waals surface area contributed by atoms with Gasteiger partial charge in [0, 0.05) is 19.0 Å². The molecule has 1 aliphatic heterocycles. The van der Waals surface area contributed by atoms with E-state index in [0.717, 1.165) is 12.5 Å². The molecule has 1 N–H and O–H groups in total. The number of benzene rings is 1. The van der Waals surface area contributed by atoms with Crippen LogP contribution in [0.15, 0.2) is 24.3 Å². The third-order valence-corrected chi connectivity index (χ3v) is 4.12. The number of rotatable bonds is 4. The fraction of sp³-hybridized carbons (Fsp3) is 0.625. The fourth-order valence-electron chi connectivity index (χ4n) is 3.21. The van der Waals surface area contributed by atoms with Gasteiger partial charge in [-0.3, -0.25) is 0 Å². The number of piperidine rings is 1. The lowest BCUT2D eigenvalue weighted by Crippen LogP contribution is -2.37. The molecule has 1 saturated heterocycles. The van der Waals surface area contributed by atoms with Crippen LogP contribution in [0.4, 0.5) is 0 Å². The SMILES string of the molecule is CNCC(c1cccc(C)c1)C1CCCN(C)C1. The lowest BCUT2D eigenvalue weighted by Gasteiger charge is -2.35. The Hall–Kier alpha value is -0.860. The zero-order valence-corrected chi connectivity index (χ0v) is 11.9. The highest BCUT2D eigenvalue weighted by Gasteiger charge is 2.26. The first-order valence-electron chi connectivity index (χ1n) is 7.10. The van der Waals surface area contributed by atoms with Gasteiger partial charge in [-0.1, -0.05) is 29.8 Å². The average Bonchev–Trinajstić information content (AvgIpc) is 2.36. The number of likely N-dealkylation sites (N-methyl/N-ethyl adjacent to an activating group) is 1. The quantitative estimate of drug-likeness (QED) is 0.878. The Morgan fingerprint density at radius 1 is 1.44 bits per heavy atom. The maximum absolute atomic E-state index is 3.38. The first kappa shape index (κ1) is 13.6. The van der Waals surface area contributed by atoms with Gasteiger partial charge in [-0.15, -0.1) is 0 Å². The molecule has 1 fully saturated rings. The predicted octanol–water partition coefficient (Wildman–Crippen LogP) is 2.64. The van der Waals surface area contributed by atoms with E-state index in [9.17, 15) is 0 Å². The second kappa shape index (κ2) is 6.35. The van der Waals surface area contributed by atoms with Crippen LogP contribution in [0.2, 0.25) is 0 Å². The maximum Gasteiger partial charge on any atom is 0.00203 e. The molecule has 100 valence electrons. The Labute approximate surface area is 111 Å². The number of hydrogen-bond donors (Lipinski definition) is 1. The normalized spacial score (nSPS) is 22.9. The smallest absolute Gasteiger partial charge is 0.00203 e. The van der Waals surface area contributed by atoms with Gasteiger partial charge in [-0.25, -0.2) is 0 Å². The highest BCUT2D eigenvalue weighted by molar-refractivity contribution is 5.26. The van der Waals surface area contributed by atoms with E-state index < -0.39 is 0 Å². The van der Waals surface area contributed by atoms with Gasteiger partial charge in [0.25, 0.3) is 0 Å². The summed E-state index contributed by atoms with van der Waals surface area (Å²) in [7, 11) is 4.31. The second-order valence-corrected chi connectivity index (χ2v) is 5.74. The van der Waals surface area contributed by atoms with E-state index >= 15 is 0 Å². The highest BCUT2D eigenvalue weighted by Crippen LogP contribution is 2.31. The minimum Gasteiger partial charge on any atom is -0.319 e. The first-order valence-corrected chi connectivity index (χ1v) is 7.10. The van der Waals surface area contributed by atoms with Crippen molar-refractivity contribution in [1.29, 1.82) is 0 Å². The summed E-state index contributed by atoms with van der Waals surface area (Å²) in [5, 5.41) is 3.38. The Balaban J connectivity index is 2.16. The number of nitrogens with zero attached hydrogens (tertiary/aromatic N) is 1. The fourth-order valence-corrected chi connectivity index (χ4v) is 3.21. The van der Waals surface area contributed by atoms with Crippen LogP contribution in [-0.2, 0) is 0 Å². The van der Waals surface area contributed by atoms with E-state index in [2.05, 4.69) is 55.5 Å². The van der Waals surface area contributed by atoms with E-state index in [0.29, 0.717) is 5.92 Å². The van der Waals surface area contributed by atoms with Crippen LogP contribution in [0.25, 0.3) is 0 Å². The van der Waals surface area contributed by atoms with Crippen molar-refractivity contribution >= 4 is 0 Å². The molecule has 0 spiro atoms. The largest absolute Gasteiger partial charge is 0.319 e. The molecule has 1 aromatic carbocycles. The van der Waals surface area contributed by atoms with E-state index in [1.54, 1.807) is 0 Å². The summed E-state index contributed by atoms with van der Waals surface area (Å²) in [6, 6.07) is 9.03. The molecule has 2 heteroatoms. The van der Waals surface area contributed by atoms with E-state index in [4.69, 9.17) is 0 Å². The second-order valence-electron chi connectivity index (χ2n) is 5.74. The number of likely N-dealkylation sites (tertiary alicyclic amines) is 1. The lowest BCUT2D eigenvalue weighted by atomic mass is 9.80. The van der Waals surface area contributed by atoms with Crippen LogP contribution >= 0.6 is 0 Å². The molecule has 0 amide bonds. The molecule has 1 aromatic rings. The monoisotopic (exact) mass is 246 g/mol. The van der Waals surface area contributed by atoms with Crippen molar-refractivity contribution in [2.75, 3.05) is 33.7 Å². The lowest BCUT2D eigenvalue weighted by molar-refractivity contribution is 0.186. The molecule has 18 heavy (non-hydrogen) atoms. The molecule has 2 unspecified atom stereocenters. The third-order valence-electron chi connectivity index (χ3n) is 4.12. The summed E-state index contributed by atoms with van der Waals surface area (Å²) in [5.41, 5.74) is 2.88. The van der Waals surface area contributed by atoms with Crippen LogP contribution in [0.3, 0.4) is 0 Å². The Morgan fingerprint density at radius 3 is 2.94 bits per heavy atom. The van der Waals surface area contributed by atoms with Crippen LogP contribution in [0.5, 0.6) is 0 Å². The van der Waals surface area contributed by atoms with Crippen molar-refractivity contribution in [2.24, 2.45) is 5.92 Å². The van der Waals surface area contributed by atoms with Crippen LogP contribution in [-0.4, -0.2) is 38.6 Å². The van der Waals surface area contributed by atoms with Gasteiger partial charge < -0.3 is 10.2 Å². The molecule has 0 aromatic heterocycles. The molecule has 2 atom stereocenters. The number of aryl methyl sites for hydroxylation is 1. The van der Waals surface area contributed by atoms with Crippen molar-refractivity contribution < 1.29 is 0 Å². The van der Waals surface area contributed by atoms with Crippen molar-refractivity contribution in [1.82, 2.24) is 10.2 Å². The molecule has 1 heterocycles. The topological polar surface area (TPSA) is 15.3 Å². The van der Waals surface area contributed by atoms with Gasteiger partial charge in [-0.05, 0) is 51.9 Å². The molecule has 1 aliphatic rings. The van der Waals surface area contributed by atoms with Crippen LogP contribution in [0, 0.1) is 12.8 Å². The molecule has 0 aliphatic carbocycles. The molecule has 2 rings (SSSR count). The molecular weight excluding hydrogens is 220 g/mol. The number of nitrogens with one attached hydrogen (secondary N) is 1. The van der Waals surface area contributed by atoms with Gasteiger partial charge in [0.1, 0.15) is 0 Å². The van der Waals surface area contributed by atoms with Crippen LogP contribution in [0.1, 0.15) is 29.9 Å². The average molecular weight is 246 g/mol. The Kier molecular flexibility index (Phi) is 4.79. The first-order chi connectivity index (χ1) is 8.70. The van der Waals surface area contributed by atoms with E-state index in [-0.39, 0.29) is 0 Å². The van der Waals surface area contributed by atoms with Crippen molar-refractivity contribution in [3.63, 3.8) is 0 Å². The molecular formula is C16H26N2. The Morgan fingerprint density at radius 2 is 2.28 bits per heavy atom. The summed E-state index contributed by atoms with van der Waals surface area (Å²) >= 11 is 0. The standard InChI is InChI=1S/C16H26N2/c1-13-6-4-7-14(10-13)16(11-17-2)15-8-5-9-18(3)12-15/h4,6-7,10,15-17H,5,8-9,11-12H2,1-3H3. The van der Waals surface area contributed by atoms with Gasteiger partial charge in [0.2, 0.25) is 0 Å². The molecule has 0 saturated carbocycles. The zero-order valence-electron chi connectivity index (χ0n) is 11.9. The maximum atomic E-state index is 3.38. The van der Waals surface area contributed by atoms with Gasteiger partial charge in [0.05, 0.1) is 0 Å². The zero-order chi connectivity index (χ0) is 13.0. The van der Waals surface area contributed by atoms with Gasteiger partial charge >= 0.3 is 0 Å². The highest BCUT2D eigenvalue weighted by atomic mass is 15.1. The summed E-state index contributed by atoms with van der Waals surface area (Å²) in [5.74, 6) is 1.44. The van der Waals surface area contributed by atoms with Crippen molar-refractivity contribution in [3.8, 4) is 0 Å². The van der Waals surface area contributed by atoms with Crippen molar-refractivity contribution in [3.05, 3.63) is 35.4 Å². The summed E-state index contributed by atoms with van der Waals surface area (Å²) < 4.78 is 0. The Bertz CT molecular complexity index is 375. The minimum absolute atomic E-state index is 0.651. The van der Waals surface area contributed by atoms with Crippen LogP contribution < -0.4 is 5.32 Å². The van der Waals surface area contributed by atoms with Crippen molar-refractivity contribution in [2.45, 2.75) is 25.7 Å². The molecule has 0 bridgehead atoms. The van der Waals surface area contributed by atoms with Gasteiger partial charge in [-0.2, -0.15) is 0 Å². The third kappa shape index (κ3) is 3.33. The summed E-state index contributed by atoms with van der Waals surface area (Å²) in [6.45, 7) is 5.77. The summed E-state index contributed by atoms with van der Waals surface area (Å²) in [4.78, 5) is 2.48.